The maximum atomic E-state index is 11.7. The van der Waals surface area contributed by atoms with Gasteiger partial charge in [0.05, 0.1) is 14.2 Å². The molecule has 98 valence electrons. The van der Waals surface area contributed by atoms with E-state index in [-0.39, 0.29) is 41.4 Å². The number of carbonyl (C=O) groups is 2. The fourth-order valence-corrected chi connectivity index (χ4v) is 1.56. The van der Waals surface area contributed by atoms with Crippen molar-refractivity contribution in [3.63, 3.8) is 0 Å². The van der Waals surface area contributed by atoms with Crippen LogP contribution in [0.1, 0.15) is 27.1 Å². The molecular formula is C12H15NO5. The molecule has 0 spiro atoms. The number of ketones is 1. The van der Waals surface area contributed by atoms with Gasteiger partial charge < -0.3 is 20.3 Å². The normalized spacial score (nSPS) is 9.94. The fourth-order valence-electron chi connectivity index (χ4n) is 1.56. The minimum atomic E-state index is -1.19. The van der Waals surface area contributed by atoms with E-state index < -0.39 is 5.97 Å². The molecule has 3 N–H and O–H groups in total. The summed E-state index contributed by atoms with van der Waals surface area (Å²) in [5, 5.41) is 9.08. The molecule has 18 heavy (non-hydrogen) atoms. The summed E-state index contributed by atoms with van der Waals surface area (Å²) in [7, 11) is 2.71. The second kappa shape index (κ2) is 6.02. The number of ether oxygens (including phenoxy) is 2. The number of carbonyl (C=O) groups excluding carboxylic acids is 1. The molecule has 0 amide bonds. The summed E-state index contributed by atoms with van der Waals surface area (Å²) in [6, 6.07) is 2.71. The first kappa shape index (κ1) is 14.0. The molecule has 6 nitrogen and oxygen atoms in total. The van der Waals surface area contributed by atoms with Gasteiger partial charge in [0, 0.05) is 12.0 Å². The Morgan fingerprint density at radius 3 is 2.39 bits per heavy atom. The molecule has 0 heterocycles. The van der Waals surface area contributed by atoms with Crippen LogP contribution in [0.25, 0.3) is 0 Å². The van der Waals surface area contributed by atoms with Gasteiger partial charge in [0.25, 0.3) is 0 Å². The topological polar surface area (TPSA) is 98.9 Å². The average Bonchev–Trinajstić information content (AvgIpc) is 2.37. The van der Waals surface area contributed by atoms with Crippen LogP contribution in [-0.2, 0) is 0 Å². The maximum Gasteiger partial charge on any atom is 0.339 e. The number of hydrogen-bond acceptors (Lipinski definition) is 5. The lowest BCUT2D eigenvalue weighted by Crippen LogP contribution is -2.10. The largest absolute Gasteiger partial charge is 0.493 e. The molecule has 1 aromatic rings. The number of methoxy groups -OCH3 is 2. The van der Waals surface area contributed by atoms with Crippen molar-refractivity contribution in [2.75, 3.05) is 20.8 Å². The third-order valence-corrected chi connectivity index (χ3v) is 2.40. The lowest BCUT2D eigenvalue weighted by atomic mass is 10.0. The Kier molecular flexibility index (Phi) is 4.67. The van der Waals surface area contributed by atoms with Gasteiger partial charge in [-0.3, -0.25) is 4.79 Å². The summed E-state index contributed by atoms with van der Waals surface area (Å²) in [5.41, 5.74) is 5.43. The summed E-state index contributed by atoms with van der Waals surface area (Å²) in [4.78, 5) is 22.8. The van der Waals surface area contributed by atoms with Gasteiger partial charge in [0.15, 0.2) is 17.3 Å². The SMILES string of the molecule is COc1cc(C(=O)CCN)cc(C(=O)O)c1OC. The Morgan fingerprint density at radius 2 is 1.94 bits per heavy atom. The Morgan fingerprint density at radius 1 is 1.28 bits per heavy atom. The number of carboxylic acid groups (broad SMARTS) is 1. The lowest BCUT2D eigenvalue weighted by Gasteiger charge is -2.12. The van der Waals surface area contributed by atoms with E-state index in [9.17, 15) is 9.59 Å². The first-order valence-corrected chi connectivity index (χ1v) is 5.27. The molecule has 0 aliphatic rings. The van der Waals surface area contributed by atoms with Gasteiger partial charge in [-0.05, 0) is 18.7 Å². The van der Waals surface area contributed by atoms with E-state index in [0.717, 1.165) is 0 Å². The minimum Gasteiger partial charge on any atom is -0.493 e. The summed E-state index contributed by atoms with van der Waals surface area (Å²) in [6.45, 7) is 0.204. The highest BCUT2D eigenvalue weighted by Gasteiger charge is 2.20. The number of carboxylic acids is 1. The van der Waals surface area contributed by atoms with Crippen molar-refractivity contribution in [2.45, 2.75) is 6.42 Å². The Labute approximate surface area is 104 Å². The van der Waals surface area contributed by atoms with E-state index in [1.165, 1.54) is 26.4 Å². The van der Waals surface area contributed by atoms with Crippen molar-refractivity contribution in [3.8, 4) is 11.5 Å². The molecule has 0 aromatic heterocycles. The first-order chi connectivity index (χ1) is 8.54. The van der Waals surface area contributed by atoms with Crippen molar-refractivity contribution in [3.05, 3.63) is 23.3 Å². The minimum absolute atomic E-state index is 0.0919. The summed E-state index contributed by atoms with van der Waals surface area (Å²) >= 11 is 0. The highest BCUT2D eigenvalue weighted by molar-refractivity contribution is 6.01. The summed E-state index contributed by atoms with van der Waals surface area (Å²) in [6.07, 6.45) is 0.147. The molecule has 0 aliphatic carbocycles. The van der Waals surface area contributed by atoms with E-state index in [0.29, 0.717) is 0 Å². The second-order valence-corrected chi connectivity index (χ2v) is 3.53. The smallest absolute Gasteiger partial charge is 0.339 e. The average molecular weight is 253 g/mol. The van der Waals surface area contributed by atoms with Gasteiger partial charge in [0.1, 0.15) is 5.56 Å². The second-order valence-electron chi connectivity index (χ2n) is 3.53. The van der Waals surface area contributed by atoms with Crippen molar-refractivity contribution in [2.24, 2.45) is 5.73 Å². The molecule has 1 rings (SSSR count). The zero-order valence-electron chi connectivity index (χ0n) is 10.2. The van der Waals surface area contributed by atoms with E-state index >= 15 is 0 Å². The zero-order chi connectivity index (χ0) is 13.7. The van der Waals surface area contributed by atoms with Crippen LogP contribution in [0.5, 0.6) is 11.5 Å². The fraction of sp³-hybridized carbons (Fsp3) is 0.333. The summed E-state index contributed by atoms with van der Waals surface area (Å²) < 4.78 is 10.0. The quantitative estimate of drug-likeness (QED) is 0.732. The van der Waals surface area contributed by atoms with E-state index in [1.54, 1.807) is 0 Å². The molecule has 0 radical (unpaired) electrons. The predicted octanol–water partition coefficient (Wildman–Crippen LogP) is 0.933. The van der Waals surface area contributed by atoms with Crippen LogP contribution >= 0.6 is 0 Å². The van der Waals surface area contributed by atoms with Gasteiger partial charge in [0.2, 0.25) is 0 Å². The molecule has 0 unspecified atom stereocenters. The highest BCUT2D eigenvalue weighted by atomic mass is 16.5. The van der Waals surface area contributed by atoms with Gasteiger partial charge in [-0.1, -0.05) is 0 Å². The maximum absolute atomic E-state index is 11.7. The van der Waals surface area contributed by atoms with Crippen LogP contribution in [0.4, 0.5) is 0 Å². The molecule has 0 fully saturated rings. The molecule has 0 bridgehead atoms. The van der Waals surface area contributed by atoms with Crippen LogP contribution in [0.15, 0.2) is 12.1 Å². The third-order valence-electron chi connectivity index (χ3n) is 2.40. The number of hydrogen-bond donors (Lipinski definition) is 2. The number of Topliss-reactive ketones (excluding diaryl/α,β-unsaturated/α-hetero) is 1. The monoisotopic (exact) mass is 253 g/mol. The first-order valence-electron chi connectivity index (χ1n) is 5.27. The Bertz CT molecular complexity index is 470. The standard InChI is InChI=1S/C12H15NO5/c1-17-10-6-7(9(14)3-4-13)5-8(12(15)16)11(10)18-2/h5-6H,3-4,13H2,1-2H3,(H,15,16). The predicted molar refractivity (Wildman–Crippen MR) is 64.5 cm³/mol. The molecule has 0 saturated heterocycles. The van der Waals surface area contributed by atoms with E-state index in [4.69, 9.17) is 20.3 Å². The van der Waals surface area contributed by atoms with Crippen molar-refractivity contribution >= 4 is 11.8 Å². The molecule has 0 aliphatic heterocycles. The van der Waals surface area contributed by atoms with E-state index in [1.807, 2.05) is 0 Å². The van der Waals surface area contributed by atoms with Crippen LogP contribution in [0.3, 0.4) is 0 Å². The van der Waals surface area contributed by atoms with Crippen molar-refractivity contribution in [1.82, 2.24) is 0 Å². The molecule has 1 aromatic carbocycles. The number of nitrogens with two attached hydrogens (primary N) is 1. The van der Waals surface area contributed by atoms with Crippen LogP contribution in [0, 0.1) is 0 Å². The molecule has 0 atom stereocenters. The Hall–Kier alpha value is -2.08. The van der Waals surface area contributed by atoms with Crippen LogP contribution in [0.2, 0.25) is 0 Å². The highest BCUT2D eigenvalue weighted by Crippen LogP contribution is 2.33. The van der Waals surface area contributed by atoms with Gasteiger partial charge in [-0.25, -0.2) is 4.79 Å². The molecule has 0 saturated carbocycles. The number of benzene rings is 1. The van der Waals surface area contributed by atoms with Crippen LogP contribution < -0.4 is 15.2 Å². The molecular weight excluding hydrogens is 238 g/mol. The van der Waals surface area contributed by atoms with Gasteiger partial charge >= 0.3 is 5.97 Å². The van der Waals surface area contributed by atoms with Crippen molar-refractivity contribution < 1.29 is 24.2 Å². The summed E-state index contributed by atoms with van der Waals surface area (Å²) in [5.74, 6) is -1.12. The van der Waals surface area contributed by atoms with Gasteiger partial charge in [-0.2, -0.15) is 0 Å². The number of rotatable bonds is 6. The van der Waals surface area contributed by atoms with Gasteiger partial charge in [-0.15, -0.1) is 0 Å². The molecule has 6 heteroatoms. The van der Waals surface area contributed by atoms with E-state index in [2.05, 4.69) is 0 Å². The third kappa shape index (κ3) is 2.78. The Balaban J connectivity index is 3.36. The zero-order valence-corrected chi connectivity index (χ0v) is 10.2. The lowest BCUT2D eigenvalue weighted by molar-refractivity contribution is 0.0692. The van der Waals surface area contributed by atoms with Crippen molar-refractivity contribution in [1.29, 1.82) is 0 Å². The number of aromatic carboxylic acids is 1. The van der Waals surface area contributed by atoms with Crippen LogP contribution in [-0.4, -0.2) is 37.6 Å².